The summed E-state index contributed by atoms with van der Waals surface area (Å²) in [6, 6.07) is 14.0. The van der Waals surface area contributed by atoms with E-state index in [0.717, 1.165) is 47.4 Å². The number of carbonyl (C=O) groups is 2. The van der Waals surface area contributed by atoms with Gasteiger partial charge in [-0.3, -0.25) is 9.59 Å². The normalized spacial score (nSPS) is 14.5. The second kappa shape index (κ2) is 8.62. The lowest BCUT2D eigenvalue weighted by atomic mass is 9.90. The van der Waals surface area contributed by atoms with Gasteiger partial charge in [-0.1, -0.05) is 36.4 Å². The van der Waals surface area contributed by atoms with E-state index in [9.17, 15) is 9.59 Å². The zero-order valence-electron chi connectivity index (χ0n) is 15.8. The number of hydrogen-bond acceptors (Lipinski definition) is 3. The van der Waals surface area contributed by atoms with Crippen LogP contribution in [0.2, 0.25) is 0 Å². The fourth-order valence-corrected chi connectivity index (χ4v) is 3.21. The summed E-state index contributed by atoms with van der Waals surface area (Å²) in [5, 5.41) is 7.17. The van der Waals surface area contributed by atoms with Crippen LogP contribution in [0.25, 0.3) is 0 Å². The van der Waals surface area contributed by atoms with Crippen LogP contribution < -0.4 is 10.7 Å². The molecule has 0 radical (unpaired) electrons. The van der Waals surface area contributed by atoms with E-state index in [1.807, 2.05) is 50.2 Å². The van der Waals surface area contributed by atoms with Gasteiger partial charge in [0.2, 0.25) is 11.8 Å². The van der Waals surface area contributed by atoms with Crippen LogP contribution in [-0.2, 0) is 16.0 Å². The lowest BCUT2D eigenvalue weighted by Crippen LogP contribution is -2.23. The molecule has 0 saturated heterocycles. The highest BCUT2D eigenvalue weighted by Crippen LogP contribution is 2.21. The summed E-state index contributed by atoms with van der Waals surface area (Å²) in [6.07, 6.45) is 3.16. The number of amides is 2. The Balaban J connectivity index is 1.52. The number of fused-ring (bicyclic) bond motifs is 1. The molecule has 0 bridgehead atoms. The van der Waals surface area contributed by atoms with Crippen molar-refractivity contribution < 1.29 is 9.59 Å². The Morgan fingerprint density at radius 2 is 1.78 bits per heavy atom. The van der Waals surface area contributed by atoms with Gasteiger partial charge < -0.3 is 5.32 Å². The van der Waals surface area contributed by atoms with Crippen molar-refractivity contribution >= 4 is 23.2 Å². The second-order valence-electron chi connectivity index (χ2n) is 6.97. The molecule has 2 N–H and O–H groups in total. The average molecular weight is 363 g/mol. The second-order valence-corrected chi connectivity index (χ2v) is 6.97. The lowest BCUT2D eigenvalue weighted by molar-refractivity contribution is -0.124. The van der Waals surface area contributed by atoms with Crippen molar-refractivity contribution in [3.8, 4) is 0 Å². The van der Waals surface area contributed by atoms with Gasteiger partial charge in [-0.25, -0.2) is 5.43 Å². The van der Waals surface area contributed by atoms with Crippen LogP contribution >= 0.6 is 0 Å². The molecule has 0 fully saturated rings. The highest BCUT2D eigenvalue weighted by atomic mass is 16.2. The Morgan fingerprint density at radius 3 is 2.63 bits per heavy atom. The van der Waals surface area contributed by atoms with E-state index in [2.05, 4.69) is 21.9 Å². The summed E-state index contributed by atoms with van der Waals surface area (Å²) < 4.78 is 0. The molecule has 5 heteroatoms. The van der Waals surface area contributed by atoms with Crippen LogP contribution in [0, 0.1) is 13.8 Å². The quantitative estimate of drug-likeness (QED) is 0.792. The van der Waals surface area contributed by atoms with E-state index in [1.165, 1.54) is 5.56 Å². The standard InChI is InChI=1S/C22H25N3O2/c1-15-10-11-16(2)20(14-15)23-21(26)12-13-22(27)25-24-19-9-5-7-17-6-3-4-8-18(17)19/h3-4,6,8,10-11,14H,5,7,9,12-13H2,1-2H3,(H,23,26)(H,25,27)/b24-19-. The molecule has 5 nitrogen and oxygen atoms in total. The zero-order chi connectivity index (χ0) is 19.2. The summed E-state index contributed by atoms with van der Waals surface area (Å²) in [5.74, 6) is -0.420. The van der Waals surface area contributed by atoms with E-state index >= 15 is 0 Å². The maximum absolute atomic E-state index is 12.1. The Hall–Kier alpha value is -2.95. The van der Waals surface area contributed by atoms with E-state index in [0.29, 0.717) is 0 Å². The molecular weight excluding hydrogens is 338 g/mol. The number of aryl methyl sites for hydroxylation is 3. The van der Waals surface area contributed by atoms with Crippen LogP contribution in [0.3, 0.4) is 0 Å². The Bertz CT molecular complexity index is 887. The molecule has 0 unspecified atom stereocenters. The number of nitrogens with one attached hydrogen (secondary N) is 2. The van der Waals surface area contributed by atoms with Crippen LogP contribution in [0.1, 0.15) is 47.9 Å². The first kappa shape index (κ1) is 18.8. The van der Waals surface area contributed by atoms with Gasteiger partial charge in [0.15, 0.2) is 0 Å². The highest BCUT2D eigenvalue weighted by Gasteiger charge is 2.15. The summed E-state index contributed by atoms with van der Waals surface area (Å²) in [7, 11) is 0. The highest BCUT2D eigenvalue weighted by molar-refractivity contribution is 6.03. The van der Waals surface area contributed by atoms with Gasteiger partial charge in [-0.2, -0.15) is 5.10 Å². The number of rotatable bonds is 5. The number of hydrogen-bond donors (Lipinski definition) is 2. The summed E-state index contributed by atoms with van der Waals surface area (Å²) in [4.78, 5) is 24.2. The number of anilines is 1. The molecule has 0 aromatic heterocycles. The van der Waals surface area contributed by atoms with Gasteiger partial charge in [0.1, 0.15) is 0 Å². The molecule has 0 saturated carbocycles. The van der Waals surface area contributed by atoms with Crippen molar-refractivity contribution in [2.75, 3.05) is 5.32 Å². The predicted octanol–water partition coefficient (Wildman–Crippen LogP) is 3.88. The van der Waals surface area contributed by atoms with Crippen LogP contribution in [0.5, 0.6) is 0 Å². The average Bonchev–Trinajstić information content (AvgIpc) is 2.67. The SMILES string of the molecule is Cc1ccc(C)c(NC(=O)CCC(=O)N/N=C2/CCCc3ccccc32)c1. The van der Waals surface area contributed by atoms with Gasteiger partial charge >= 0.3 is 0 Å². The third kappa shape index (κ3) is 5.03. The molecule has 0 heterocycles. The smallest absolute Gasteiger partial charge is 0.240 e. The van der Waals surface area contributed by atoms with Crippen molar-refractivity contribution in [2.24, 2.45) is 5.10 Å². The number of nitrogens with zero attached hydrogens (tertiary/aromatic N) is 1. The molecule has 0 spiro atoms. The Labute approximate surface area is 159 Å². The largest absolute Gasteiger partial charge is 0.326 e. The summed E-state index contributed by atoms with van der Waals surface area (Å²) in [6.45, 7) is 3.92. The maximum atomic E-state index is 12.1. The van der Waals surface area contributed by atoms with E-state index in [1.54, 1.807) is 0 Å². The monoisotopic (exact) mass is 363 g/mol. The van der Waals surface area contributed by atoms with Crippen LogP contribution in [-0.4, -0.2) is 17.5 Å². The molecule has 2 aromatic carbocycles. The van der Waals surface area contributed by atoms with Gasteiger partial charge in [0, 0.05) is 24.1 Å². The minimum absolute atomic E-state index is 0.106. The number of benzene rings is 2. The molecule has 2 aromatic rings. The molecule has 1 aliphatic rings. The number of carbonyl (C=O) groups excluding carboxylic acids is 2. The van der Waals surface area contributed by atoms with E-state index in [4.69, 9.17) is 0 Å². The van der Waals surface area contributed by atoms with Crippen LogP contribution in [0.4, 0.5) is 5.69 Å². The van der Waals surface area contributed by atoms with Crippen LogP contribution in [0.15, 0.2) is 47.6 Å². The predicted molar refractivity (Wildman–Crippen MR) is 108 cm³/mol. The topological polar surface area (TPSA) is 70.6 Å². The van der Waals surface area contributed by atoms with E-state index < -0.39 is 0 Å². The van der Waals surface area contributed by atoms with Gasteiger partial charge in [-0.05, 0) is 55.9 Å². The van der Waals surface area contributed by atoms with Crippen molar-refractivity contribution in [3.05, 3.63) is 64.7 Å². The first-order valence-electron chi connectivity index (χ1n) is 9.34. The Kier molecular flexibility index (Phi) is 6.01. The van der Waals surface area contributed by atoms with Gasteiger partial charge in [0.25, 0.3) is 0 Å². The third-order valence-electron chi connectivity index (χ3n) is 4.75. The summed E-state index contributed by atoms with van der Waals surface area (Å²) in [5.41, 5.74) is 8.76. The molecule has 140 valence electrons. The summed E-state index contributed by atoms with van der Waals surface area (Å²) >= 11 is 0. The molecule has 27 heavy (non-hydrogen) atoms. The zero-order valence-corrected chi connectivity index (χ0v) is 15.8. The molecule has 0 aliphatic heterocycles. The van der Waals surface area contributed by atoms with Crippen molar-refractivity contribution in [2.45, 2.75) is 46.0 Å². The van der Waals surface area contributed by atoms with E-state index in [-0.39, 0.29) is 24.7 Å². The molecule has 2 amide bonds. The van der Waals surface area contributed by atoms with Crippen molar-refractivity contribution in [1.29, 1.82) is 0 Å². The lowest BCUT2D eigenvalue weighted by Gasteiger charge is -2.17. The molecule has 3 rings (SSSR count). The molecule has 1 aliphatic carbocycles. The first-order valence-corrected chi connectivity index (χ1v) is 9.34. The first-order chi connectivity index (χ1) is 13.0. The third-order valence-corrected chi connectivity index (χ3v) is 4.75. The maximum Gasteiger partial charge on any atom is 0.240 e. The van der Waals surface area contributed by atoms with Crippen molar-refractivity contribution in [3.63, 3.8) is 0 Å². The number of hydrazone groups is 1. The minimum Gasteiger partial charge on any atom is -0.326 e. The fourth-order valence-electron chi connectivity index (χ4n) is 3.21. The molecule has 0 atom stereocenters. The fraction of sp³-hybridized carbons (Fsp3) is 0.318. The van der Waals surface area contributed by atoms with Gasteiger partial charge in [0.05, 0.1) is 5.71 Å². The molecular formula is C22H25N3O2. The minimum atomic E-state index is -0.248. The van der Waals surface area contributed by atoms with Crippen molar-refractivity contribution in [1.82, 2.24) is 5.43 Å². The van der Waals surface area contributed by atoms with Gasteiger partial charge in [-0.15, -0.1) is 0 Å². The Morgan fingerprint density at radius 1 is 1.00 bits per heavy atom.